The van der Waals surface area contributed by atoms with Crippen molar-refractivity contribution < 1.29 is 18.0 Å². The summed E-state index contributed by atoms with van der Waals surface area (Å²) in [4.78, 5) is 12.5. The largest absolute Gasteiger partial charge is 0.416 e. The van der Waals surface area contributed by atoms with Crippen molar-refractivity contribution in [3.05, 3.63) is 77.6 Å². The van der Waals surface area contributed by atoms with Crippen molar-refractivity contribution in [2.75, 3.05) is 0 Å². The number of carbonyl (C=O) groups excluding carboxylic acids is 1. The normalized spacial score (nSPS) is 11.4. The predicted molar refractivity (Wildman–Crippen MR) is 91.3 cm³/mol. The average molecular weight is 359 g/mol. The zero-order valence-corrected chi connectivity index (χ0v) is 13.9. The van der Waals surface area contributed by atoms with E-state index in [-0.39, 0.29) is 5.91 Å². The molecule has 7 heteroatoms. The molecule has 4 nitrogen and oxygen atoms in total. The van der Waals surface area contributed by atoms with Crippen molar-refractivity contribution in [1.29, 1.82) is 0 Å². The number of aromatic nitrogens is 2. The molecule has 1 N–H and O–H groups in total. The van der Waals surface area contributed by atoms with E-state index >= 15 is 0 Å². The van der Waals surface area contributed by atoms with Gasteiger partial charge in [-0.3, -0.25) is 9.48 Å². The number of nitrogens with one attached hydrogen (secondary N) is 1. The first-order chi connectivity index (χ1) is 12.3. The maximum Gasteiger partial charge on any atom is 0.416 e. The highest BCUT2D eigenvalue weighted by atomic mass is 19.4. The lowest BCUT2D eigenvalue weighted by Crippen LogP contribution is -2.23. The molecule has 1 heterocycles. The van der Waals surface area contributed by atoms with Crippen molar-refractivity contribution in [3.63, 3.8) is 0 Å². The number of halogens is 3. The van der Waals surface area contributed by atoms with Crippen LogP contribution in [0.15, 0.2) is 60.9 Å². The molecular weight excluding hydrogens is 343 g/mol. The molecule has 0 aliphatic heterocycles. The third-order valence-electron chi connectivity index (χ3n) is 3.91. The van der Waals surface area contributed by atoms with Crippen molar-refractivity contribution in [3.8, 4) is 11.1 Å². The number of aryl methyl sites for hydroxylation is 1. The van der Waals surface area contributed by atoms with Crippen LogP contribution in [0.3, 0.4) is 0 Å². The van der Waals surface area contributed by atoms with Gasteiger partial charge in [0.25, 0.3) is 5.91 Å². The Hall–Kier alpha value is -3.09. The molecule has 0 unspecified atom stereocenters. The van der Waals surface area contributed by atoms with Gasteiger partial charge < -0.3 is 5.32 Å². The van der Waals surface area contributed by atoms with E-state index in [1.54, 1.807) is 48.4 Å². The van der Waals surface area contributed by atoms with E-state index in [1.807, 2.05) is 0 Å². The van der Waals surface area contributed by atoms with E-state index in [9.17, 15) is 18.0 Å². The van der Waals surface area contributed by atoms with Gasteiger partial charge in [-0.25, -0.2) is 0 Å². The summed E-state index contributed by atoms with van der Waals surface area (Å²) in [5.41, 5.74) is 1.65. The second-order valence-electron chi connectivity index (χ2n) is 5.83. The molecule has 3 rings (SSSR count). The van der Waals surface area contributed by atoms with Gasteiger partial charge in [-0.15, -0.1) is 0 Å². The minimum absolute atomic E-state index is 0.302. The summed E-state index contributed by atoms with van der Waals surface area (Å²) >= 11 is 0. The van der Waals surface area contributed by atoms with Gasteiger partial charge in [0.15, 0.2) is 0 Å². The molecule has 0 spiro atoms. The predicted octanol–water partition coefficient (Wildman–Crippen LogP) is 4.04. The molecule has 2 aromatic carbocycles. The maximum atomic E-state index is 12.7. The van der Waals surface area contributed by atoms with Crippen molar-refractivity contribution in [2.45, 2.75) is 12.7 Å². The minimum Gasteiger partial charge on any atom is -0.348 e. The lowest BCUT2D eigenvalue weighted by molar-refractivity contribution is -0.137. The highest BCUT2D eigenvalue weighted by molar-refractivity contribution is 6.00. The average Bonchev–Trinajstić information content (AvgIpc) is 3.04. The van der Waals surface area contributed by atoms with Crippen LogP contribution in [0.1, 0.15) is 21.5 Å². The summed E-state index contributed by atoms with van der Waals surface area (Å²) in [5, 5.41) is 6.84. The summed E-state index contributed by atoms with van der Waals surface area (Å²) < 4.78 is 39.8. The fraction of sp³-hybridized carbons (Fsp3) is 0.158. The molecule has 0 saturated carbocycles. The molecule has 0 atom stereocenters. The second kappa shape index (κ2) is 7.03. The molecule has 3 aromatic rings. The zero-order valence-electron chi connectivity index (χ0n) is 13.9. The molecule has 1 amide bonds. The van der Waals surface area contributed by atoms with Crippen LogP contribution < -0.4 is 5.32 Å². The number of alkyl halides is 3. The van der Waals surface area contributed by atoms with Gasteiger partial charge in [0.2, 0.25) is 0 Å². The Labute approximate surface area is 148 Å². The number of nitrogens with zero attached hydrogens (tertiary/aromatic N) is 2. The molecule has 0 fully saturated rings. The molecule has 0 aliphatic carbocycles. The number of carbonyl (C=O) groups is 1. The molecule has 0 saturated heterocycles. The fourth-order valence-electron chi connectivity index (χ4n) is 2.61. The minimum atomic E-state index is -4.39. The van der Waals surface area contributed by atoms with E-state index in [0.717, 1.165) is 17.7 Å². The molecule has 134 valence electrons. The van der Waals surface area contributed by atoms with Crippen LogP contribution in [-0.2, 0) is 19.8 Å². The standard InChI is InChI=1S/C19H16F3N3O/c1-25-12-13(11-24-25)10-23-18(26)17-5-3-2-4-16(17)14-6-8-15(9-7-14)19(20,21)22/h2-9,11-12H,10H2,1H3,(H,23,26). The van der Waals surface area contributed by atoms with Crippen LogP contribution in [0.2, 0.25) is 0 Å². The van der Waals surface area contributed by atoms with Gasteiger partial charge in [0, 0.05) is 30.9 Å². The smallest absolute Gasteiger partial charge is 0.348 e. The highest BCUT2D eigenvalue weighted by Crippen LogP contribution is 2.31. The van der Waals surface area contributed by atoms with Crippen LogP contribution in [0.4, 0.5) is 13.2 Å². The molecule has 0 bridgehead atoms. The summed E-state index contributed by atoms with van der Waals surface area (Å²) in [6, 6.07) is 11.6. The van der Waals surface area contributed by atoms with Crippen molar-refractivity contribution in [1.82, 2.24) is 15.1 Å². The van der Waals surface area contributed by atoms with Gasteiger partial charge >= 0.3 is 6.18 Å². The molecular formula is C19H16F3N3O. The first-order valence-electron chi connectivity index (χ1n) is 7.87. The fourth-order valence-corrected chi connectivity index (χ4v) is 2.61. The Morgan fingerprint density at radius 2 is 1.81 bits per heavy atom. The molecule has 0 radical (unpaired) electrons. The summed E-state index contributed by atoms with van der Waals surface area (Å²) in [6.45, 7) is 0.314. The van der Waals surface area contributed by atoms with E-state index in [1.165, 1.54) is 12.1 Å². The van der Waals surface area contributed by atoms with E-state index in [2.05, 4.69) is 10.4 Å². The number of amides is 1. The number of hydrogen-bond acceptors (Lipinski definition) is 2. The van der Waals surface area contributed by atoms with Crippen molar-refractivity contribution in [2.24, 2.45) is 7.05 Å². The maximum absolute atomic E-state index is 12.7. The van der Waals surface area contributed by atoms with Crippen LogP contribution in [-0.4, -0.2) is 15.7 Å². The lowest BCUT2D eigenvalue weighted by Gasteiger charge is -2.11. The van der Waals surface area contributed by atoms with Crippen LogP contribution in [0, 0.1) is 0 Å². The van der Waals surface area contributed by atoms with Gasteiger partial charge in [-0.05, 0) is 29.3 Å². The Kier molecular flexibility index (Phi) is 4.79. The van der Waals surface area contributed by atoms with Gasteiger partial charge in [-0.1, -0.05) is 30.3 Å². The Bertz CT molecular complexity index is 914. The zero-order chi connectivity index (χ0) is 18.7. The quantitative estimate of drug-likeness (QED) is 0.764. The Morgan fingerprint density at radius 1 is 1.12 bits per heavy atom. The number of hydrogen-bond donors (Lipinski definition) is 1. The number of rotatable bonds is 4. The summed E-state index contributed by atoms with van der Waals surface area (Å²) in [6.07, 6.45) is -0.941. The monoisotopic (exact) mass is 359 g/mol. The Morgan fingerprint density at radius 3 is 2.42 bits per heavy atom. The lowest BCUT2D eigenvalue weighted by atomic mass is 9.98. The number of benzene rings is 2. The third-order valence-corrected chi connectivity index (χ3v) is 3.91. The topological polar surface area (TPSA) is 46.9 Å². The van der Waals surface area contributed by atoms with Crippen molar-refractivity contribution >= 4 is 5.91 Å². The first-order valence-corrected chi connectivity index (χ1v) is 7.87. The summed E-state index contributed by atoms with van der Waals surface area (Å²) in [5.74, 6) is -0.302. The van der Waals surface area contributed by atoms with E-state index in [0.29, 0.717) is 23.2 Å². The third kappa shape index (κ3) is 3.93. The van der Waals surface area contributed by atoms with Crippen LogP contribution in [0.5, 0.6) is 0 Å². The van der Waals surface area contributed by atoms with Gasteiger partial charge in [0.05, 0.1) is 11.8 Å². The van der Waals surface area contributed by atoms with E-state index < -0.39 is 11.7 Å². The molecule has 0 aliphatic rings. The highest BCUT2D eigenvalue weighted by Gasteiger charge is 2.30. The van der Waals surface area contributed by atoms with Crippen LogP contribution >= 0.6 is 0 Å². The molecule has 1 aromatic heterocycles. The molecule has 26 heavy (non-hydrogen) atoms. The first kappa shape index (κ1) is 17.7. The summed E-state index contributed by atoms with van der Waals surface area (Å²) in [7, 11) is 1.78. The van der Waals surface area contributed by atoms with Gasteiger partial charge in [-0.2, -0.15) is 18.3 Å². The van der Waals surface area contributed by atoms with E-state index in [4.69, 9.17) is 0 Å². The second-order valence-corrected chi connectivity index (χ2v) is 5.83. The van der Waals surface area contributed by atoms with Crippen LogP contribution in [0.25, 0.3) is 11.1 Å². The SMILES string of the molecule is Cn1cc(CNC(=O)c2ccccc2-c2ccc(C(F)(F)F)cc2)cn1. The Balaban J connectivity index is 1.82. The van der Waals surface area contributed by atoms with Gasteiger partial charge in [0.1, 0.15) is 0 Å².